The molecular formula is C15H27N3O. The molecule has 4 nitrogen and oxygen atoms in total. The van der Waals surface area contributed by atoms with Crippen molar-refractivity contribution in [3.63, 3.8) is 0 Å². The molecule has 2 atom stereocenters. The Kier molecular flexibility index (Phi) is 6.42. The van der Waals surface area contributed by atoms with Crippen molar-refractivity contribution in [2.75, 3.05) is 13.2 Å². The first-order chi connectivity index (χ1) is 8.99. The van der Waals surface area contributed by atoms with Gasteiger partial charge in [-0.2, -0.15) is 0 Å². The van der Waals surface area contributed by atoms with E-state index in [1.54, 1.807) is 0 Å². The lowest BCUT2D eigenvalue weighted by atomic mass is 9.96. The number of nitrogens with two attached hydrogens (primary N) is 1. The van der Waals surface area contributed by atoms with Crippen LogP contribution in [-0.2, 0) is 6.54 Å². The van der Waals surface area contributed by atoms with Crippen molar-refractivity contribution in [3.05, 3.63) is 29.6 Å². The summed E-state index contributed by atoms with van der Waals surface area (Å²) in [7, 11) is 0. The molecule has 0 saturated carbocycles. The van der Waals surface area contributed by atoms with Crippen LogP contribution in [0.25, 0.3) is 0 Å². The maximum absolute atomic E-state index is 9.64. The molecular weight excluding hydrogens is 238 g/mol. The average Bonchev–Trinajstić information content (AvgIpc) is 2.38. The molecule has 0 aliphatic rings. The van der Waals surface area contributed by atoms with Gasteiger partial charge in [-0.15, -0.1) is 0 Å². The van der Waals surface area contributed by atoms with Crippen LogP contribution in [0.15, 0.2) is 18.2 Å². The van der Waals surface area contributed by atoms with Crippen molar-refractivity contribution >= 4 is 0 Å². The lowest BCUT2D eigenvalue weighted by molar-refractivity contribution is 0.0890. The largest absolute Gasteiger partial charge is 0.395 e. The monoisotopic (exact) mass is 265 g/mol. The number of nitrogens with zero attached hydrogens (tertiary/aromatic N) is 2. The highest BCUT2D eigenvalue weighted by Crippen LogP contribution is 2.13. The van der Waals surface area contributed by atoms with Crippen LogP contribution in [0.1, 0.15) is 32.2 Å². The Morgan fingerprint density at radius 3 is 2.53 bits per heavy atom. The Bertz CT molecular complexity index is 381. The van der Waals surface area contributed by atoms with Gasteiger partial charge in [0.1, 0.15) is 0 Å². The van der Waals surface area contributed by atoms with Gasteiger partial charge in [-0.05, 0) is 31.5 Å². The van der Waals surface area contributed by atoms with Gasteiger partial charge in [0.2, 0.25) is 0 Å². The standard InChI is InChI=1S/C15H27N3O/c1-5-18(14(10-19)15(16)11(2)3)9-13-8-6-7-12(4)17-13/h6-8,11,14-15,19H,5,9-10,16H2,1-4H3. The van der Waals surface area contributed by atoms with Crippen LogP contribution in [0, 0.1) is 12.8 Å². The number of aliphatic hydroxyl groups is 1. The van der Waals surface area contributed by atoms with Gasteiger partial charge in [0, 0.05) is 24.3 Å². The maximum atomic E-state index is 9.64. The summed E-state index contributed by atoms with van der Waals surface area (Å²) in [5.41, 5.74) is 8.25. The van der Waals surface area contributed by atoms with E-state index in [0.717, 1.165) is 24.5 Å². The summed E-state index contributed by atoms with van der Waals surface area (Å²) in [6.45, 7) is 9.91. The molecule has 1 heterocycles. The Balaban J connectivity index is 2.81. The maximum Gasteiger partial charge on any atom is 0.0602 e. The predicted octanol–water partition coefficient (Wildman–Crippen LogP) is 1.56. The normalized spacial score (nSPS) is 14.9. The summed E-state index contributed by atoms with van der Waals surface area (Å²) in [5.74, 6) is 0.344. The van der Waals surface area contributed by atoms with E-state index in [4.69, 9.17) is 5.73 Å². The molecule has 0 bridgehead atoms. The molecule has 0 spiro atoms. The second-order valence-electron chi connectivity index (χ2n) is 5.40. The topological polar surface area (TPSA) is 62.4 Å². The first-order valence-electron chi connectivity index (χ1n) is 7.02. The first kappa shape index (κ1) is 16.1. The van der Waals surface area contributed by atoms with Crippen LogP contribution in [0.5, 0.6) is 0 Å². The van der Waals surface area contributed by atoms with E-state index in [2.05, 4.69) is 30.7 Å². The predicted molar refractivity (Wildman–Crippen MR) is 78.7 cm³/mol. The molecule has 0 radical (unpaired) electrons. The second-order valence-corrected chi connectivity index (χ2v) is 5.40. The zero-order valence-electron chi connectivity index (χ0n) is 12.5. The SMILES string of the molecule is CCN(Cc1cccc(C)n1)C(CO)C(N)C(C)C. The molecule has 0 amide bonds. The third-order valence-electron chi connectivity index (χ3n) is 3.59. The van der Waals surface area contributed by atoms with Crippen LogP contribution in [0.4, 0.5) is 0 Å². The smallest absolute Gasteiger partial charge is 0.0602 e. The number of hydrogen-bond acceptors (Lipinski definition) is 4. The minimum absolute atomic E-state index is 0.0210. The van der Waals surface area contributed by atoms with Crippen molar-refractivity contribution in [1.29, 1.82) is 0 Å². The number of aryl methyl sites for hydroxylation is 1. The molecule has 1 aromatic heterocycles. The van der Waals surface area contributed by atoms with E-state index in [1.807, 2.05) is 25.1 Å². The number of rotatable bonds is 7. The van der Waals surface area contributed by atoms with E-state index >= 15 is 0 Å². The van der Waals surface area contributed by atoms with Crippen LogP contribution in [0.3, 0.4) is 0 Å². The zero-order valence-corrected chi connectivity index (χ0v) is 12.5. The molecule has 0 aliphatic carbocycles. The van der Waals surface area contributed by atoms with Crippen LogP contribution >= 0.6 is 0 Å². The fourth-order valence-electron chi connectivity index (χ4n) is 2.28. The molecule has 3 N–H and O–H groups in total. The Morgan fingerprint density at radius 1 is 1.37 bits per heavy atom. The van der Waals surface area contributed by atoms with Crippen LogP contribution in [0.2, 0.25) is 0 Å². The molecule has 19 heavy (non-hydrogen) atoms. The van der Waals surface area contributed by atoms with Gasteiger partial charge >= 0.3 is 0 Å². The van der Waals surface area contributed by atoms with E-state index in [1.165, 1.54) is 0 Å². The first-order valence-corrected chi connectivity index (χ1v) is 7.02. The lowest BCUT2D eigenvalue weighted by Gasteiger charge is -2.35. The number of hydrogen-bond donors (Lipinski definition) is 2. The van der Waals surface area contributed by atoms with Gasteiger partial charge in [-0.3, -0.25) is 9.88 Å². The minimum Gasteiger partial charge on any atom is -0.395 e. The number of likely N-dealkylation sites (N-methyl/N-ethyl adjacent to an activating group) is 1. The van der Waals surface area contributed by atoms with Crippen molar-refractivity contribution in [1.82, 2.24) is 9.88 Å². The van der Waals surface area contributed by atoms with Crippen LogP contribution < -0.4 is 5.73 Å². The highest BCUT2D eigenvalue weighted by Gasteiger charge is 2.25. The van der Waals surface area contributed by atoms with Crippen molar-refractivity contribution < 1.29 is 5.11 Å². The highest BCUT2D eigenvalue weighted by molar-refractivity contribution is 5.10. The Hall–Kier alpha value is -0.970. The molecule has 4 heteroatoms. The second kappa shape index (κ2) is 7.58. The fraction of sp³-hybridized carbons (Fsp3) is 0.667. The minimum atomic E-state index is -0.0326. The van der Waals surface area contributed by atoms with E-state index < -0.39 is 0 Å². The molecule has 0 aliphatic heterocycles. The Labute approximate surface area is 116 Å². The molecule has 1 aromatic rings. The summed E-state index contributed by atoms with van der Waals surface area (Å²) >= 11 is 0. The summed E-state index contributed by atoms with van der Waals surface area (Å²) in [4.78, 5) is 6.72. The van der Waals surface area contributed by atoms with Crippen molar-refractivity contribution in [3.8, 4) is 0 Å². The molecule has 108 valence electrons. The molecule has 0 saturated heterocycles. The zero-order chi connectivity index (χ0) is 14.4. The summed E-state index contributed by atoms with van der Waals surface area (Å²) in [5, 5.41) is 9.64. The highest BCUT2D eigenvalue weighted by atomic mass is 16.3. The summed E-state index contributed by atoms with van der Waals surface area (Å²) in [6.07, 6.45) is 0. The van der Waals surface area contributed by atoms with Gasteiger partial charge in [0.25, 0.3) is 0 Å². The van der Waals surface area contributed by atoms with Crippen molar-refractivity contribution in [2.24, 2.45) is 11.7 Å². The molecule has 0 aromatic carbocycles. The van der Waals surface area contributed by atoms with Gasteiger partial charge in [0.15, 0.2) is 0 Å². The van der Waals surface area contributed by atoms with Crippen molar-refractivity contribution in [2.45, 2.75) is 46.3 Å². The Morgan fingerprint density at radius 2 is 2.05 bits per heavy atom. The van der Waals surface area contributed by atoms with Gasteiger partial charge in [-0.1, -0.05) is 26.8 Å². The van der Waals surface area contributed by atoms with Gasteiger partial charge < -0.3 is 10.8 Å². The molecule has 2 unspecified atom stereocenters. The van der Waals surface area contributed by atoms with Gasteiger partial charge in [-0.25, -0.2) is 0 Å². The molecule has 1 rings (SSSR count). The third kappa shape index (κ3) is 4.56. The van der Waals surface area contributed by atoms with Crippen LogP contribution in [-0.4, -0.2) is 40.2 Å². The van der Waals surface area contributed by atoms with E-state index in [-0.39, 0.29) is 18.7 Å². The summed E-state index contributed by atoms with van der Waals surface area (Å²) < 4.78 is 0. The average molecular weight is 265 g/mol. The fourth-order valence-corrected chi connectivity index (χ4v) is 2.28. The van der Waals surface area contributed by atoms with Gasteiger partial charge in [0.05, 0.1) is 12.3 Å². The number of aliphatic hydroxyl groups excluding tert-OH is 1. The number of aromatic nitrogens is 1. The quantitative estimate of drug-likeness (QED) is 0.785. The van der Waals surface area contributed by atoms with E-state index in [0.29, 0.717) is 5.92 Å². The third-order valence-corrected chi connectivity index (χ3v) is 3.59. The molecule has 0 fully saturated rings. The van der Waals surface area contributed by atoms with E-state index in [9.17, 15) is 5.11 Å². The summed E-state index contributed by atoms with van der Waals surface area (Å²) in [6, 6.07) is 5.97. The number of pyridine rings is 1. The lowest BCUT2D eigenvalue weighted by Crippen LogP contribution is -2.52.